The first-order valence-corrected chi connectivity index (χ1v) is 8.23. The number of alkyl halides is 3. The first kappa shape index (κ1) is 18.8. The molecule has 0 aromatic heterocycles. The molecule has 1 atom stereocenters. The number of amides is 2. The van der Waals surface area contributed by atoms with Crippen LogP contribution in [0, 0.1) is 0 Å². The summed E-state index contributed by atoms with van der Waals surface area (Å²) in [6.07, 6.45) is -5.40. The molecule has 1 unspecified atom stereocenters. The smallest absolute Gasteiger partial charge is 0.416 e. The van der Waals surface area contributed by atoms with E-state index >= 15 is 0 Å². The lowest BCUT2D eigenvalue weighted by molar-refractivity contribution is -0.137. The Morgan fingerprint density at radius 1 is 1.19 bits per heavy atom. The van der Waals surface area contributed by atoms with Gasteiger partial charge >= 0.3 is 6.18 Å². The van der Waals surface area contributed by atoms with E-state index in [4.69, 9.17) is 4.74 Å². The van der Waals surface area contributed by atoms with Gasteiger partial charge < -0.3 is 15.0 Å². The van der Waals surface area contributed by atoms with Crippen LogP contribution in [0.2, 0.25) is 0 Å². The van der Waals surface area contributed by atoms with E-state index in [1.165, 1.54) is 24.0 Å². The first-order valence-electron chi connectivity index (χ1n) is 8.23. The Morgan fingerprint density at radius 2 is 1.93 bits per heavy atom. The van der Waals surface area contributed by atoms with Crippen molar-refractivity contribution in [1.29, 1.82) is 0 Å². The van der Waals surface area contributed by atoms with E-state index < -0.39 is 23.8 Å². The molecule has 0 spiro atoms. The summed E-state index contributed by atoms with van der Waals surface area (Å²) >= 11 is 0. The number of nitrogens with one attached hydrogen (secondary N) is 1. The Balaban J connectivity index is 1.70. The van der Waals surface area contributed by atoms with Crippen molar-refractivity contribution in [2.24, 2.45) is 0 Å². The number of ether oxygens (including phenoxy) is 1. The molecule has 2 aromatic rings. The molecule has 1 heterocycles. The Morgan fingerprint density at radius 3 is 2.63 bits per heavy atom. The second kappa shape index (κ2) is 7.30. The van der Waals surface area contributed by atoms with Gasteiger partial charge in [-0.1, -0.05) is 24.3 Å². The van der Waals surface area contributed by atoms with E-state index in [2.05, 4.69) is 5.32 Å². The number of nitrogens with zero attached hydrogens (tertiary/aromatic N) is 1. The van der Waals surface area contributed by atoms with Crippen molar-refractivity contribution in [3.05, 3.63) is 59.7 Å². The van der Waals surface area contributed by atoms with Crippen LogP contribution in [0.25, 0.3) is 0 Å². The third kappa shape index (κ3) is 4.21. The molecule has 3 rings (SSSR count). The van der Waals surface area contributed by atoms with Gasteiger partial charge in [0, 0.05) is 13.5 Å². The summed E-state index contributed by atoms with van der Waals surface area (Å²) in [6, 6.07) is 11.6. The zero-order chi connectivity index (χ0) is 19.6. The second-order valence-corrected chi connectivity index (χ2v) is 6.12. The summed E-state index contributed by atoms with van der Waals surface area (Å²) in [5, 5.41) is 2.57. The molecule has 0 saturated carbocycles. The second-order valence-electron chi connectivity index (χ2n) is 6.12. The third-order valence-corrected chi connectivity index (χ3v) is 4.17. The van der Waals surface area contributed by atoms with Crippen molar-refractivity contribution >= 4 is 17.5 Å². The topological polar surface area (TPSA) is 58.6 Å². The summed E-state index contributed by atoms with van der Waals surface area (Å²) in [5.41, 5.74) is 0.115. The van der Waals surface area contributed by atoms with Crippen LogP contribution in [0.4, 0.5) is 18.9 Å². The van der Waals surface area contributed by atoms with Gasteiger partial charge in [-0.3, -0.25) is 9.59 Å². The average molecular weight is 378 g/mol. The van der Waals surface area contributed by atoms with E-state index in [0.29, 0.717) is 17.0 Å². The fraction of sp³-hybridized carbons (Fsp3) is 0.263. The lowest BCUT2D eigenvalue weighted by Gasteiger charge is -2.33. The van der Waals surface area contributed by atoms with E-state index in [9.17, 15) is 22.8 Å². The van der Waals surface area contributed by atoms with Gasteiger partial charge in [-0.2, -0.15) is 13.2 Å². The van der Waals surface area contributed by atoms with Gasteiger partial charge in [-0.25, -0.2) is 0 Å². The number of carbonyl (C=O) groups is 2. The standard InChI is InChI=1S/C19H17F3N2O3/c1-12(25)24-11-17(27-16-8-3-2-7-15(16)24)18(26)23-10-13-5-4-6-14(9-13)19(20,21)22/h2-9,17H,10-11H2,1H3,(H,23,26). The van der Waals surface area contributed by atoms with Gasteiger partial charge in [0.2, 0.25) is 5.91 Å². The number of fused-ring (bicyclic) bond motifs is 1. The van der Waals surface area contributed by atoms with Crippen LogP contribution in [-0.2, 0) is 22.3 Å². The quantitative estimate of drug-likeness (QED) is 0.893. The number of rotatable bonds is 3. The van der Waals surface area contributed by atoms with Gasteiger partial charge in [0.15, 0.2) is 6.10 Å². The predicted molar refractivity (Wildman–Crippen MR) is 92.2 cm³/mol. The van der Waals surface area contributed by atoms with Crippen LogP contribution in [0.3, 0.4) is 0 Å². The van der Waals surface area contributed by atoms with Crippen LogP contribution in [-0.4, -0.2) is 24.5 Å². The lowest BCUT2D eigenvalue weighted by Crippen LogP contribution is -2.50. The molecular weight excluding hydrogens is 361 g/mol. The Bertz CT molecular complexity index is 867. The first-order chi connectivity index (χ1) is 12.8. The lowest BCUT2D eigenvalue weighted by atomic mass is 10.1. The molecule has 0 aliphatic carbocycles. The molecule has 1 aliphatic heterocycles. The Hall–Kier alpha value is -3.03. The van der Waals surface area contributed by atoms with Gasteiger partial charge in [-0.15, -0.1) is 0 Å². The third-order valence-electron chi connectivity index (χ3n) is 4.17. The van der Waals surface area contributed by atoms with Crippen LogP contribution in [0.5, 0.6) is 5.75 Å². The molecule has 0 saturated heterocycles. The average Bonchev–Trinajstić information content (AvgIpc) is 2.64. The molecule has 8 heteroatoms. The summed E-state index contributed by atoms with van der Waals surface area (Å²) in [7, 11) is 0. The summed E-state index contributed by atoms with van der Waals surface area (Å²) in [5.74, 6) is -0.340. The number of anilines is 1. The summed E-state index contributed by atoms with van der Waals surface area (Å²) in [4.78, 5) is 25.7. The molecule has 0 fully saturated rings. The molecule has 142 valence electrons. The fourth-order valence-corrected chi connectivity index (χ4v) is 2.83. The normalized spacial score (nSPS) is 16.3. The van der Waals surface area contributed by atoms with Crippen molar-refractivity contribution in [2.75, 3.05) is 11.4 Å². The molecule has 27 heavy (non-hydrogen) atoms. The zero-order valence-electron chi connectivity index (χ0n) is 14.4. The maximum Gasteiger partial charge on any atom is 0.416 e. The van der Waals surface area contributed by atoms with Crippen LogP contribution in [0.1, 0.15) is 18.1 Å². The van der Waals surface area contributed by atoms with E-state index in [0.717, 1.165) is 12.1 Å². The highest BCUT2D eigenvalue weighted by Gasteiger charge is 2.33. The van der Waals surface area contributed by atoms with Gasteiger partial charge in [0.05, 0.1) is 17.8 Å². The van der Waals surface area contributed by atoms with E-state index in [1.807, 2.05) is 0 Å². The number of hydrogen-bond donors (Lipinski definition) is 1. The van der Waals surface area contributed by atoms with Crippen molar-refractivity contribution in [3.63, 3.8) is 0 Å². The summed E-state index contributed by atoms with van der Waals surface area (Å²) < 4.78 is 44.0. The minimum absolute atomic E-state index is 0.0285. The Labute approximate surface area is 153 Å². The minimum atomic E-state index is -4.45. The molecule has 1 N–H and O–H groups in total. The van der Waals surface area contributed by atoms with Crippen molar-refractivity contribution < 1.29 is 27.5 Å². The predicted octanol–water partition coefficient (Wildman–Crippen LogP) is 3.14. The highest BCUT2D eigenvalue weighted by molar-refractivity contribution is 5.95. The van der Waals surface area contributed by atoms with E-state index in [1.54, 1.807) is 24.3 Å². The van der Waals surface area contributed by atoms with Crippen molar-refractivity contribution in [1.82, 2.24) is 5.32 Å². The number of halogens is 3. The fourth-order valence-electron chi connectivity index (χ4n) is 2.83. The highest BCUT2D eigenvalue weighted by atomic mass is 19.4. The molecule has 5 nitrogen and oxygen atoms in total. The number of carbonyl (C=O) groups excluding carboxylic acids is 2. The SMILES string of the molecule is CC(=O)N1CC(C(=O)NCc2cccc(C(F)(F)F)c2)Oc2ccccc21. The maximum absolute atomic E-state index is 12.8. The molecule has 0 radical (unpaired) electrons. The van der Waals surface area contributed by atoms with Crippen molar-refractivity contribution in [3.8, 4) is 5.75 Å². The summed E-state index contributed by atoms with van der Waals surface area (Å²) in [6.45, 7) is 1.34. The monoisotopic (exact) mass is 378 g/mol. The van der Waals surface area contributed by atoms with Crippen molar-refractivity contribution in [2.45, 2.75) is 25.7 Å². The largest absolute Gasteiger partial charge is 0.477 e. The molecule has 1 aliphatic rings. The van der Waals surface area contributed by atoms with Gasteiger partial charge in [-0.05, 0) is 29.8 Å². The number of hydrogen-bond acceptors (Lipinski definition) is 3. The van der Waals surface area contributed by atoms with Gasteiger partial charge in [0.25, 0.3) is 5.91 Å². The number of para-hydroxylation sites is 2. The molecule has 0 bridgehead atoms. The van der Waals surface area contributed by atoms with Gasteiger partial charge in [0.1, 0.15) is 5.75 Å². The molecule has 2 amide bonds. The van der Waals surface area contributed by atoms with Crippen LogP contribution in [0.15, 0.2) is 48.5 Å². The van der Waals surface area contributed by atoms with Crippen LogP contribution < -0.4 is 15.0 Å². The molecular formula is C19H17F3N2O3. The highest BCUT2D eigenvalue weighted by Crippen LogP contribution is 2.33. The number of benzene rings is 2. The van der Waals surface area contributed by atoms with E-state index in [-0.39, 0.29) is 19.0 Å². The maximum atomic E-state index is 12.8. The Kier molecular flexibility index (Phi) is 5.07. The zero-order valence-corrected chi connectivity index (χ0v) is 14.4. The van der Waals surface area contributed by atoms with Crippen LogP contribution >= 0.6 is 0 Å². The molecule has 2 aromatic carbocycles. The minimum Gasteiger partial charge on any atom is -0.477 e.